The van der Waals surface area contributed by atoms with Crippen LogP contribution in [-0.2, 0) is 4.79 Å². The Labute approximate surface area is 123 Å². The van der Waals surface area contributed by atoms with Gasteiger partial charge in [0, 0.05) is 9.35 Å². The Hall–Kier alpha value is -1.66. The number of benzene rings is 1. The number of carbonyl (C=O) groups is 1. The summed E-state index contributed by atoms with van der Waals surface area (Å²) in [4.78, 5) is 12.5. The molecule has 4 nitrogen and oxygen atoms in total. The minimum atomic E-state index is -0.298. The Bertz CT molecular complexity index is 570. The highest BCUT2D eigenvalue weighted by molar-refractivity contribution is 9.10. The summed E-state index contributed by atoms with van der Waals surface area (Å²) in [6.07, 6.45) is 1.60. The molecular formula is C13H11BrN2O2S. The molecular weight excluding hydrogens is 328 g/mol. The number of rotatable bonds is 5. The summed E-state index contributed by atoms with van der Waals surface area (Å²) in [5.74, 6) is 0.333. The lowest BCUT2D eigenvalue weighted by Gasteiger charge is -2.04. The lowest BCUT2D eigenvalue weighted by molar-refractivity contribution is -0.123. The van der Waals surface area contributed by atoms with E-state index in [0.717, 1.165) is 9.35 Å². The number of carbonyl (C=O) groups excluding carboxylic acids is 1. The number of ether oxygens (including phenoxy) is 1. The number of hydrogen-bond donors (Lipinski definition) is 1. The first-order valence-corrected chi connectivity index (χ1v) is 7.15. The van der Waals surface area contributed by atoms with Gasteiger partial charge >= 0.3 is 0 Å². The third-order valence-electron chi connectivity index (χ3n) is 2.09. The van der Waals surface area contributed by atoms with E-state index >= 15 is 0 Å². The van der Waals surface area contributed by atoms with Crippen LogP contribution in [0.1, 0.15) is 4.88 Å². The van der Waals surface area contributed by atoms with Crippen molar-refractivity contribution in [2.24, 2.45) is 5.10 Å². The van der Waals surface area contributed by atoms with Crippen molar-refractivity contribution < 1.29 is 9.53 Å². The molecule has 0 aliphatic carbocycles. The van der Waals surface area contributed by atoms with E-state index in [1.807, 2.05) is 29.6 Å². The number of thiophene rings is 1. The highest BCUT2D eigenvalue weighted by Crippen LogP contribution is 2.17. The normalized spacial score (nSPS) is 10.6. The standard InChI is InChI=1S/C13H11BrN2O2S/c14-10-3-1-4-11(7-10)18-9-13(17)16-15-8-12-5-2-6-19-12/h1-8H,9H2,(H,16,17)/b15-8+. The minimum absolute atomic E-state index is 0.0712. The van der Waals surface area contributed by atoms with Crippen molar-refractivity contribution in [1.82, 2.24) is 5.43 Å². The number of halogens is 1. The van der Waals surface area contributed by atoms with Crippen molar-refractivity contribution in [3.63, 3.8) is 0 Å². The molecule has 1 N–H and O–H groups in total. The van der Waals surface area contributed by atoms with Crippen molar-refractivity contribution in [2.45, 2.75) is 0 Å². The molecule has 19 heavy (non-hydrogen) atoms. The molecule has 2 rings (SSSR count). The van der Waals surface area contributed by atoms with Gasteiger partial charge in [0.25, 0.3) is 5.91 Å². The zero-order valence-electron chi connectivity index (χ0n) is 9.88. The van der Waals surface area contributed by atoms with Crippen LogP contribution >= 0.6 is 27.3 Å². The van der Waals surface area contributed by atoms with Gasteiger partial charge in [0.15, 0.2) is 6.61 Å². The van der Waals surface area contributed by atoms with Crippen LogP contribution in [0.4, 0.5) is 0 Å². The average molecular weight is 339 g/mol. The molecule has 1 heterocycles. The first kappa shape index (κ1) is 13.8. The number of nitrogens with one attached hydrogen (secondary N) is 1. The lowest BCUT2D eigenvalue weighted by Crippen LogP contribution is -2.24. The Balaban J connectivity index is 1.76. The first-order chi connectivity index (χ1) is 9.24. The predicted molar refractivity (Wildman–Crippen MR) is 79.7 cm³/mol. The van der Waals surface area contributed by atoms with Crippen LogP contribution < -0.4 is 10.2 Å². The Morgan fingerprint density at radius 1 is 1.42 bits per heavy atom. The summed E-state index contributed by atoms with van der Waals surface area (Å²) in [6.45, 7) is -0.0712. The quantitative estimate of drug-likeness (QED) is 0.672. The fourth-order valence-electron chi connectivity index (χ4n) is 1.27. The molecule has 0 atom stereocenters. The smallest absolute Gasteiger partial charge is 0.277 e. The van der Waals surface area contributed by atoms with E-state index in [1.165, 1.54) is 0 Å². The van der Waals surface area contributed by atoms with Gasteiger partial charge in [-0.1, -0.05) is 28.1 Å². The fraction of sp³-hybridized carbons (Fsp3) is 0.0769. The molecule has 6 heteroatoms. The SMILES string of the molecule is O=C(COc1cccc(Br)c1)N/N=C/c1cccs1. The molecule has 0 unspecified atom stereocenters. The van der Waals surface area contributed by atoms with E-state index in [1.54, 1.807) is 29.7 Å². The largest absolute Gasteiger partial charge is 0.484 e. The minimum Gasteiger partial charge on any atom is -0.484 e. The maximum atomic E-state index is 11.5. The molecule has 0 saturated carbocycles. The number of hydrogen-bond acceptors (Lipinski definition) is 4. The Kier molecular flexibility index (Phi) is 5.11. The van der Waals surface area contributed by atoms with Crippen molar-refractivity contribution in [3.8, 4) is 5.75 Å². The van der Waals surface area contributed by atoms with E-state index in [9.17, 15) is 4.79 Å². The molecule has 0 bridgehead atoms. The van der Waals surface area contributed by atoms with Crippen LogP contribution in [0.25, 0.3) is 0 Å². The van der Waals surface area contributed by atoms with Gasteiger partial charge in [-0.2, -0.15) is 5.10 Å². The van der Waals surface area contributed by atoms with E-state index in [2.05, 4.69) is 26.5 Å². The summed E-state index contributed by atoms with van der Waals surface area (Å²) in [7, 11) is 0. The molecule has 98 valence electrons. The maximum Gasteiger partial charge on any atom is 0.277 e. The number of nitrogens with zero attached hydrogens (tertiary/aromatic N) is 1. The zero-order valence-corrected chi connectivity index (χ0v) is 12.3. The van der Waals surface area contributed by atoms with Crippen LogP contribution in [0.15, 0.2) is 51.4 Å². The topological polar surface area (TPSA) is 50.7 Å². The van der Waals surface area contributed by atoms with Crippen molar-refractivity contribution in [1.29, 1.82) is 0 Å². The second-order valence-corrected chi connectivity index (χ2v) is 5.45. The molecule has 0 aliphatic heterocycles. The van der Waals surface area contributed by atoms with E-state index in [-0.39, 0.29) is 12.5 Å². The summed E-state index contributed by atoms with van der Waals surface area (Å²) in [5.41, 5.74) is 2.41. The Morgan fingerprint density at radius 2 is 2.32 bits per heavy atom. The van der Waals surface area contributed by atoms with Gasteiger partial charge in [-0.15, -0.1) is 11.3 Å². The summed E-state index contributed by atoms with van der Waals surface area (Å²) in [6, 6.07) is 11.1. The molecule has 1 aromatic heterocycles. The van der Waals surface area contributed by atoms with Crippen molar-refractivity contribution in [2.75, 3.05) is 6.61 Å². The van der Waals surface area contributed by atoms with Gasteiger partial charge in [0.05, 0.1) is 6.21 Å². The summed E-state index contributed by atoms with van der Waals surface area (Å²) >= 11 is 4.88. The predicted octanol–water partition coefficient (Wildman–Crippen LogP) is 3.04. The van der Waals surface area contributed by atoms with Crippen LogP contribution in [0, 0.1) is 0 Å². The molecule has 2 aromatic rings. The van der Waals surface area contributed by atoms with Crippen LogP contribution in [0.2, 0.25) is 0 Å². The van der Waals surface area contributed by atoms with E-state index in [0.29, 0.717) is 5.75 Å². The number of hydrazone groups is 1. The van der Waals surface area contributed by atoms with Gasteiger partial charge in [0.1, 0.15) is 5.75 Å². The molecule has 0 spiro atoms. The Morgan fingerprint density at radius 3 is 3.05 bits per heavy atom. The lowest BCUT2D eigenvalue weighted by atomic mass is 10.3. The molecule has 0 radical (unpaired) electrons. The van der Waals surface area contributed by atoms with Crippen LogP contribution in [0.3, 0.4) is 0 Å². The molecule has 0 saturated heterocycles. The third kappa shape index (κ3) is 4.84. The van der Waals surface area contributed by atoms with Gasteiger partial charge in [-0.05, 0) is 29.6 Å². The van der Waals surface area contributed by atoms with Gasteiger partial charge in [0.2, 0.25) is 0 Å². The van der Waals surface area contributed by atoms with Crippen molar-refractivity contribution >= 4 is 39.4 Å². The second kappa shape index (κ2) is 7.06. The molecule has 0 aliphatic rings. The van der Waals surface area contributed by atoms with Crippen LogP contribution in [0.5, 0.6) is 5.75 Å². The second-order valence-electron chi connectivity index (χ2n) is 3.55. The summed E-state index contributed by atoms with van der Waals surface area (Å²) < 4.78 is 6.23. The molecule has 1 aromatic carbocycles. The van der Waals surface area contributed by atoms with E-state index < -0.39 is 0 Å². The first-order valence-electron chi connectivity index (χ1n) is 5.48. The summed E-state index contributed by atoms with van der Waals surface area (Å²) in [5, 5.41) is 5.78. The zero-order chi connectivity index (χ0) is 13.5. The van der Waals surface area contributed by atoms with Crippen molar-refractivity contribution in [3.05, 3.63) is 51.1 Å². The molecule has 0 fully saturated rings. The molecule has 1 amide bonds. The van der Waals surface area contributed by atoms with Gasteiger partial charge < -0.3 is 4.74 Å². The monoisotopic (exact) mass is 338 g/mol. The third-order valence-corrected chi connectivity index (χ3v) is 3.39. The highest BCUT2D eigenvalue weighted by atomic mass is 79.9. The fourth-order valence-corrected chi connectivity index (χ4v) is 2.23. The van der Waals surface area contributed by atoms with E-state index in [4.69, 9.17) is 4.74 Å². The average Bonchev–Trinajstić information content (AvgIpc) is 2.90. The van der Waals surface area contributed by atoms with Crippen LogP contribution in [-0.4, -0.2) is 18.7 Å². The van der Waals surface area contributed by atoms with Gasteiger partial charge in [-0.25, -0.2) is 5.43 Å². The maximum absolute atomic E-state index is 11.5. The highest BCUT2D eigenvalue weighted by Gasteiger charge is 2.01. The van der Waals surface area contributed by atoms with Gasteiger partial charge in [-0.3, -0.25) is 4.79 Å². The number of amides is 1.